The Morgan fingerprint density at radius 3 is 2.46 bits per heavy atom. The number of aromatic nitrogens is 6. The summed E-state index contributed by atoms with van der Waals surface area (Å²) in [6.45, 7) is 2.61. The summed E-state index contributed by atoms with van der Waals surface area (Å²) in [7, 11) is 1.51. The third-order valence-electron chi connectivity index (χ3n) is 6.65. The molecule has 0 aliphatic heterocycles. The van der Waals surface area contributed by atoms with Gasteiger partial charge in [0.15, 0.2) is 0 Å². The summed E-state index contributed by atoms with van der Waals surface area (Å²) in [6.07, 6.45) is 3.41. The van der Waals surface area contributed by atoms with Gasteiger partial charge in [0.25, 0.3) is 5.95 Å². The summed E-state index contributed by atoms with van der Waals surface area (Å²) in [6, 6.07) is 4.81. The molecular formula is C26H27F3N6O4. The van der Waals surface area contributed by atoms with Crippen LogP contribution in [0.25, 0.3) is 17.0 Å². The number of carbonyl (C=O) groups excluding carboxylic acids is 1. The van der Waals surface area contributed by atoms with Crippen LogP contribution in [-0.4, -0.2) is 55.3 Å². The van der Waals surface area contributed by atoms with Crippen LogP contribution in [0.15, 0.2) is 42.9 Å². The van der Waals surface area contributed by atoms with Crippen molar-refractivity contribution in [3.8, 4) is 17.6 Å². The number of methoxy groups -OCH3 is 1. The normalized spacial score (nSPS) is 17.8. The molecule has 1 aliphatic rings. The second kappa shape index (κ2) is 10.9. The van der Waals surface area contributed by atoms with E-state index >= 15 is 0 Å². The van der Waals surface area contributed by atoms with Gasteiger partial charge in [0.05, 0.1) is 43.3 Å². The molecule has 0 N–H and O–H groups in total. The van der Waals surface area contributed by atoms with E-state index in [0.717, 1.165) is 37.8 Å². The molecule has 5 rings (SSSR count). The minimum atomic E-state index is -4.37. The van der Waals surface area contributed by atoms with Crippen molar-refractivity contribution in [3.63, 3.8) is 0 Å². The van der Waals surface area contributed by atoms with Crippen molar-refractivity contribution in [1.29, 1.82) is 0 Å². The van der Waals surface area contributed by atoms with Crippen LogP contribution in [-0.2, 0) is 17.5 Å². The number of alkyl halides is 3. The van der Waals surface area contributed by atoms with E-state index in [1.54, 1.807) is 13.1 Å². The number of hydrogen-bond donors (Lipinski definition) is 0. The Morgan fingerprint density at radius 1 is 1.05 bits per heavy atom. The van der Waals surface area contributed by atoms with E-state index in [-0.39, 0.29) is 24.2 Å². The fourth-order valence-corrected chi connectivity index (χ4v) is 4.68. The molecule has 0 unspecified atom stereocenters. The first kappa shape index (κ1) is 26.4. The van der Waals surface area contributed by atoms with Crippen LogP contribution in [0.1, 0.15) is 48.5 Å². The quantitative estimate of drug-likeness (QED) is 0.290. The highest BCUT2D eigenvalue weighted by Crippen LogP contribution is 2.33. The van der Waals surface area contributed by atoms with Gasteiger partial charge in [0.2, 0.25) is 5.88 Å². The van der Waals surface area contributed by atoms with E-state index in [1.807, 2.05) is 4.68 Å². The molecule has 0 bridgehead atoms. The summed E-state index contributed by atoms with van der Waals surface area (Å²) >= 11 is 0. The van der Waals surface area contributed by atoms with Crippen molar-refractivity contribution in [3.05, 3.63) is 54.0 Å². The van der Waals surface area contributed by atoms with Gasteiger partial charge in [-0.2, -0.15) is 28.4 Å². The topological polar surface area (TPSA) is 106 Å². The molecule has 13 heteroatoms. The van der Waals surface area contributed by atoms with Crippen molar-refractivity contribution >= 4 is 17.0 Å². The highest BCUT2D eigenvalue weighted by Gasteiger charge is 2.30. The van der Waals surface area contributed by atoms with E-state index in [2.05, 4.69) is 20.2 Å². The Kier molecular flexibility index (Phi) is 7.40. The zero-order chi connectivity index (χ0) is 27.6. The van der Waals surface area contributed by atoms with Crippen molar-refractivity contribution in [2.45, 2.75) is 51.4 Å². The van der Waals surface area contributed by atoms with Gasteiger partial charge in [0, 0.05) is 12.7 Å². The van der Waals surface area contributed by atoms with Gasteiger partial charge in [-0.15, -0.1) is 0 Å². The molecule has 1 aromatic carbocycles. The highest BCUT2D eigenvalue weighted by atomic mass is 19.4. The number of halogens is 3. The number of nitrogens with zero attached hydrogens (tertiary/aromatic N) is 6. The van der Waals surface area contributed by atoms with Gasteiger partial charge in [-0.1, -0.05) is 0 Å². The summed E-state index contributed by atoms with van der Waals surface area (Å²) in [4.78, 5) is 21.0. The van der Waals surface area contributed by atoms with Crippen molar-refractivity contribution in [1.82, 2.24) is 29.5 Å². The van der Waals surface area contributed by atoms with Crippen LogP contribution in [0, 0.1) is 5.92 Å². The predicted molar refractivity (Wildman–Crippen MR) is 133 cm³/mol. The first-order valence-electron chi connectivity index (χ1n) is 12.6. The number of hydrogen-bond acceptors (Lipinski definition) is 8. The molecule has 39 heavy (non-hydrogen) atoms. The number of ether oxygens (including phenoxy) is 3. The summed E-state index contributed by atoms with van der Waals surface area (Å²) in [5.74, 6) is 0.844. The first-order valence-corrected chi connectivity index (χ1v) is 12.6. The lowest BCUT2D eigenvalue weighted by molar-refractivity contribution is -0.137. The molecule has 1 fully saturated rings. The van der Waals surface area contributed by atoms with Gasteiger partial charge >= 0.3 is 12.1 Å². The molecule has 0 radical (unpaired) electrons. The standard InChI is InChI=1S/C26H27F3N6O4/c1-3-38-24(36)17-12-30-35(15-17)25-32-21-13-31-34(22(21)23(33-25)37-2)14-16-4-8-19(9-5-16)39-20-10-6-18(7-11-20)26(27,28)29/h6-7,10-13,15-16,19H,3-5,8-9,14H2,1-2H3. The third-order valence-corrected chi connectivity index (χ3v) is 6.65. The van der Waals surface area contributed by atoms with Gasteiger partial charge in [-0.05, 0) is 62.8 Å². The maximum atomic E-state index is 12.8. The Balaban J connectivity index is 1.24. The second-order valence-electron chi connectivity index (χ2n) is 9.27. The van der Waals surface area contributed by atoms with Crippen LogP contribution < -0.4 is 9.47 Å². The average Bonchev–Trinajstić information content (AvgIpc) is 3.57. The largest absolute Gasteiger partial charge is 0.490 e. The van der Waals surface area contributed by atoms with Crippen LogP contribution in [0.5, 0.6) is 11.6 Å². The minimum Gasteiger partial charge on any atom is -0.490 e. The number of benzene rings is 1. The molecule has 3 aromatic heterocycles. The molecule has 0 amide bonds. The SMILES string of the molecule is CCOC(=O)c1cnn(-c2nc(OC)c3c(cnn3CC3CCC(Oc4ccc(C(F)(F)F)cc4)CC3)n2)c1. The van der Waals surface area contributed by atoms with E-state index in [0.29, 0.717) is 35.1 Å². The molecule has 0 atom stereocenters. The number of fused-ring (bicyclic) bond motifs is 1. The van der Waals surface area contributed by atoms with Gasteiger partial charge < -0.3 is 14.2 Å². The Labute approximate surface area is 221 Å². The second-order valence-corrected chi connectivity index (χ2v) is 9.27. The Bertz CT molecular complexity index is 1440. The fraction of sp³-hybridized carbons (Fsp3) is 0.423. The van der Waals surface area contributed by atoms with Crippen LogP contribution in [0.4, 0.5) is 13.2 Å². The molecule has 206 valence electrons. The van der Waals surface area contributed by atoms with Crippen molar-refractivity contribution < 1.29 is 32.2 Å². The summed E-state index contributed by atoms with van der Waals surface area (Å²) in [5.41, 5.74) is 0.821. The maximum Gasteiger partial charge on any atom is 0.416 e. The van der Waals surface area contributed by atoms with Crippen LogP contribution in [0.3, 0.4) is 0 Å². The fourth-order valence-electron chi connectivity index (χ4n) is 4.68. The predicted octanol–water partition coefficient (Wildman–Crippen LogP) is 4.85. The monoisotopic (exact) mass is 544 g/mol. The zero-order valence-corrected chi connectivity index (χ0v) is 21.4. The molecule has 1 aliphatic carbocycles. The third kappa shape index (κ3) is 5.81. The maximum absolute atomic E-state index is 12.8. The van der Waals surface area contributed by atoms with Crippen LogP contribution in [0.2, 0.25) is 0 Å². The van der Waals surface area contributed by atoms with Crippen molar-refractivity contribution in [2.75, 3.05) is 13.7 Å². The van der Waals surface area contributed by atoms with E-state index in [4.69, 9.17) is 14.2 Å². The lowest BCUT2D eigenvalue weighted by Crippen LogP contribution is -2.26. The van der Waals surface area contributed by atoms with E-state index in [9.17, 15) is 18.0 Å². The minimum absolute atomic E-state index is 0.0543. The first-order chi connectivity index (χ1) is 18.7. The number of rotatable bonds is 8. The molecule has 0 saturated heterocycles. The number of esters is 1. The number of carbonyl (C=O) groups is 1. The van der Waals surface area contributed by atoms with Gasteiger partial charge in [0.1, 0.15) is 16.8 Å². The molecule has 3 heterocycles. The molecule has 0 spiro atoms. The molecular weight excluding hydrogens is 517 g/mol. The van der Waals surface area contributed by atoms with E-state index < -0.39 is 17.7 Å². The van der Waals surface area contributed by atoms with Crippen LogP contribution >= 0.6 is 0 Å². The van der Waals surface area contributed by atoms with E-state index in [1.165, 1.54) is 36.3 Å². The smallest absolute Gasteiger partial charge is 0.416 e. The lowest BCUT2D eigenvalue weighted by atomic mass is 9.87. The average molecular weight is 545 g/mol. The molecule has 4 aromatic rings. The highest BCUT2D eigenvalue weighted by molar-refractivity contribution is 5.88. The van der Waals surface area contributed by atoms with Gasteiger partial charge in [-0.3, -0.25) is 4.68 Å². The van der Waals surface area contributed by atoms with Crippen molar-refractivity contribution in [2.24, 2.45) is 5.92 Å². The summed E-state index contributed by atoms with van der Waals surface area (Å²) < 4.78 is 58.1. The Morgan fingerprint density at radius 2 is 1.79 bits per heavy atom. The van der Waals surface area contributed by atoms with Gasteiger partial charge in [-0.25, -0.2) is 14.5 Å². The molecule has 1 saturated carbocycles. The lowest BCUT2D eigenvalue weighted by Gasteiger charge is -2.29. The zero-order valence-electron chi connectivity index (χ0n) is 21.4. The molecule has 10 nitrogen and oxygen atoms in total. The Hall–Kier alpha value is -4.16. The summed E-state index contributed by atoms with van der Waals surface area (Å²) in [5, 5.41) is 8.68.